The van der Waals surface area contributed by atoms with Crippen LogP contribution < -0.4 is 0 Å². The largest absolute Gasteiger partial charge is 0.480 e. The Balaban J connectivity index is 4.85. The molecule has 0 rings (SSSR count). The molecule has 172 valence electrons. The van der Waals surface area contributed by atoms with E-state index in [4.69, 9.17) is 20.4 Å². The van der Waals surface area contributed by atoms with Crippen LogP contribution in [0.2, 0.25) is 0 Å². The molecule has 0 bridgehead atoms. The first-order chi connectivity index (χ1) is 13.8. The summed E-state index contributed by atoms with van der Waals surface area (Å²) in [5.41, 5.74) is 0. The van der Waals surface area contributed by atoms with Crippen LogP contribution in [-0.2, 0) is 24.0 Å². The molecule has 13 heteroatoms. The van der Waals surface area contributed by atoms with Crippen molar-refractivity contribution in [3.05, 3.63) is 0 Å². The lowest BCUT2D eigenvalue weighted by Crippen LogP contribution is -2.50. The maximum Gasteiger partial charge on any atom is 0.359 e. The Labute approximate surface area is 173 Å². The van der Waals surface area contributed by atoms with Gasteiger partial charge in [-0.1, -0.05) is 0 Å². The first-order valence-corrected chi connectivity index (χ1v) is 9.20. The summed E-state index contributed by atoms with van der Waals surface area (Å²) < 4.78 is 0.0529. The van der Waals surface area contributed by atoms with Gasteiger partial charge >= 0.3 is 29.8 Å². The molecule has 0 saturated carbocycles. The number of hydrogen-bond donors (Lipinski definition) is 5. The number of rotatable bonds is 18. The second kappa shape index (κ2) is 13.5. The maximum absolute atomic E-state index is 11.2. The van der Waals surface area contributed by atoms with E-state index in [0.29, 0.717) is 25.9 Å². The average molecular weight is 436 g/mol. The second-order valence-electron chi connectivity index (χ2n) is 7.32. The van der Waals surface area contributed by atoms with Crippen LogP contribution >= 0.6 is 0 Å². The molecular weight excluding hydrogens is 406 g/mol. The maximum atomic E-state index is 11.2. The highest BCUT2D eigenvalue weighted by atomic mass is 16.4. The quantitative estimate of drug-likeness (QED) is 0.152. The van der Waals surface area contributed by atoms with E-state index in [1.165, 1.54) is 9.80 Å². The third kappa shape index (κ3) is 14.3. The lowest BCUT2D eigenvalue weighted by Gasteiger charge is -2.34. The Bertz CT molecular complexity index is 551. The van der Waals surface area contributed by atoms with Crippen LogP contribution in [0.15, 0.2) is 0 Å². The Morgan fingerprint density at radius 1 is 0.600 bits per heavy atom. The third-order valence-corrected chi connectivity index (χ3v) is 4.30. The summed E-state index contributed by atoms with van der Waals surface area (Å²) in [6.07, 6.45) is 0.691. The number of quaternary nitrogens is 1. The van der Waals surface area contributed by atoms with Gasteiger partial charge in [0, 0.05) is 25.9 Å². The number of nitrogens with zero attached hydrogens (tertiary/aromatic N) is 3. The SMILES string of the molecule is C[N+](CCCN(CC(=O)O)CC(=O)O)(CCCN(CC(=O)O)CC(=O)O)CC(=O)O. The van der Waals surface area contributed by atoms with E-state index in [0.717, 1.165) is 0 Å². The molecule has 0 amide bonds. The predicted molar refractivity (Wildman–Crippen MR) is 101 cm³/mol. The topological polar surface area (TPSA) is 193 Å². The third-order valence-electron chi connectivity index (χ3n) is 4.30. The molecule has 0 unspecified atom stereocenters. The number of carbonyl (C=O) groups is 5. The normalized spacial score (nSPS) is 11.6. The first-order valence-electron chi connectivity index (χ1n) is 9.20. The van der Waals surface area contributed by atoms with E-state index >= 15 is 0 Å². The van der Waals surface area contributed by atoms with Gasteiger partial charge in [0.2, 0.25) is 0 Å². The molecule has 0 fully saturated rings. The van der Waals surface area contributed by atoms with Crippen LogP contribution in [0.1, 0.15) is 12.8 Å². The van der Waals surface area contributed by atoms with Gasteiger partial charge in [0.05, 0.1) is 46.3 Å². The van der Waals surface area contributed by atoms with Crippen LogP contribution in [0.4, 0.5) is 0 Å². The fraction of sp³-hybridized carbons (Fsp3) is 0.706. The number of likely N-dealkylation sites (N-methyl/N-ethyl adjacent to an activating group) is 1. The monoisotopic (exact) mass is 436 g/mol. The van der Waals surface area contributed by atoms with E-state index in [-0.39, 0.29) is 24.1 Å². The molecule has 0 heterocycles. The average Bonchev–Trinajstić information content (AvgIpc) is 2.51. The van der Waals surface area contributed by atoms with Gasteiger partial charge in [-0.2, -0.15) is 0 Å². The van der Waals surface area contributed by atoms with Crippen LogP contribution in [0.3, 0.4) is 0 Å². The van der Waals surface area contributed by atoms with Gasteiger partial charge in [0.1, 0.15) is 0 Å². The molecule has 5 N–H and O–H groups in total. The Kier molecular flexibility index (Phi) is 12.2. The summed E-state index contributed by atoms with van der Waals surface area (Å²) in [6.45, 7) is -1.10. The molecule has 0 aromatic heterocycles. The van der Waals surface area contributed by atoms with E-state index in [2.05, 4.69) is 0 Å². The fourth-order valence-corrected chi connectivity index (χ4v) is 3.14. The van der Waals surface area contributed by atoms with Crippen LogP contribution in [-0.4, -0.2) is 136 Å². The lowest BCUT2D eigenvalue weighted by atomic mass is 10.2. The molecule has 0 aliphatic carbocycles. The lowest BCUT2D eigenvalue weighted by molar-refractivity contribution is -0.902. The molecule has 0 saturated heterocycles. The van der Waals surface area contributed by atoms with E-state index in [9.17, 15) is 29.1 Å². The molecule has 0 aliphatic heterocycles. The molecule has 13 nitrogen and oxygen atoms in total. The van der Waals surface area contributed by atoms with Gasteiger partial charge in [0.15, 0.2) is 6.54 Å². The number of carboxylic acid groups (broad SMARTS) is 5. The minimum absolute atomic E-state index is 0.0529. The van der Waals surface area contributed by atoms with Crippen LogP contribution in [0.5, 0.6) is 0 Å². The summed E-state index contributed by atoms with van der Waals surface area (Å²) >= 11 is 0. The molecule has 30 heavy (non-hydrogen) atoms. The highest BCUT2D eigenvalue weighted by Crippen LogP contribution is 2.08. The first kappa shape index (κ1) is 27.2. The highest BCUT2D eigenvalue weighted by Gasteiger charge is 2.26. The van der Waals surface area contributed by atoms with Crippen LogP contribution in [0, 0.1) is 0 Å². The summed E-state index contributed by atoms with van der Waals surface area (Å²) in [5.74, 6) is -5.74. The summed E-state index contributed by atoms with van der Waals surface area (Å²) in [6, 6.07) is 0. The van der Waals surface area contributed by atoms with Crippen molar-refractivity contribution in [3.8, 4) is 0 Å². The van der Waals surface area contributed by atoms with Gasteiger partial charge in [-0.3, -0.25) is 29.0 Å². The zero-order chi connectivity index (χ0) is 23.3. The zero-order valence-corrected chi connectivity index (χ0v) is 16.9. The van der Waals surface area contributed by atoms with Crippen LogP contribution in [0.25, 0.3) is 0 Å². The van der Waals surface area contributed by atoms with Crippen molar-refractivity contribution in [2.45, 2.75) is 12.8 Å². The smallest absolute Gasteiger partial charge is 0.359 e. The van der Waals surface area contributed by atoms with Gasteiger partial charge in [-0.05, 0) is 0 Å². The highest BCUT2D eigenvalue weighted by molar-refractivity contribution is 5.73. The van der Waals surface area contributed by atoms with Crippen molar-refractivity contribution in [1.82, 2.24) is 9.80 Å². The van der Waals surface area contributed by atoms with Crippen molar-refractivity contribution in [2.75, 3.05) is 66.0 Å². The van der Waals surface area contributed by atoms with Crippen molar-refractivity contribution >= 4 is 29.8 Å². The molecule has 0 aromatic carbocycles. The minimum atomic E-state index is -1.17. The number of hydrogen-bond acceptors (Lipinski definition) is 7. The zero-order valence-electron chi connectivity index (χ0n) is 16.9. The van der Waals surface area contributed by atoms with Crippen molar-refractivity contribution in [1.29, 1.82) is 0 Å². The Morgan fingerprint density at radius 3 is 1.13 bits per heavy atom. The number of aliphatic carboxylic acids is 5. The molecule has 0 spiro atoms. The Morgan fingerprint density at radius 2 is 0.900 bits per heavy atom. The van der Waals surface area contributed by atoms with Crippen molar-refractivity contribution in [3.63, 3.8) is 0 Å². The molecule has 0 aromatic rings. The number of carboxylic acids is 5. The summed E-state index contributed by atoms with van der Waals surface area (Å²) in [4.78, 5) is 57.1. The fourth-order valence-electron chi connectivity index (χ4n) is 3.14. The minimum Gasteiger partial charge on any atom is -0.480 e. The second-order valence-corrected chi connectivity index (χ2v) is 7.32. The van der Waals surface area contributed by atoms with Gasteiger partial charge < -0.3 is 30.0 Å². The molecule has 0 atom stereocenters. The standard InChI is InChI=1S/C17H29N3O10/c1-20(12-17(29)30,6-2-4-18(8-13(21)22)9-14(23)24)7-3-5-19(10-15(25)26)11-16(27)28/h2-12H2,1H3,(H4-,21,22,23,24,25,26,27,28,29,30)/p+1. The van der Waals surface area contributed by atoms with E-state index < -0.39 is 56.0 Å². The van der Waals surface area contributed by atoms with Gasteiger partial charge in [-0.25, -0.2) is 4.79 Å². The van der Waals surface area contributed by atoms with Crippen molar-refractivity contribution < 1.29 is 54.0 Å². The molecule has 0 radical (unpaired) electrons. The molecular formula is C17H30N3O10+. The Hall–Kier alpha value is -2.77. The summed E-state index contributed by atoms with van der Waals surface area (Å²) in [5, 5.41) is 44.6. The van der Waals surface area contributed by atoms with Gasteiger partial charge in [0.25, 0.3) is 0 Å². The van der Waals surface area contributed by atoms with E-state index in [1.54, 1.807) is 7.05 Å². The van der Waals surface area contributed by atoms with Gasteiger partial charge in [-0.15, -0.1) is 0 Å². The van der Waals surface area contributed by atoms with E-state index in [1.807, 2.05) is 0 Å². The summed E-state index contributed by atoms with van der Waals surface area (Å²) in [7, 11) is 1.67. The van der Waals surface area contributed by atoms with Crippen molar-refractivity contribution in [2.24, 2.45) is 0 Å². The molecule has 0 aliphatic rings. The predicted octanol–water partition coefficient (Wildman–Crippen LogP) is -1.76.